The van der Waals surface area contributed by atoms with E-state index >= 15 is 0 Å². The number of aromatic nitrogens is 2. The summed E-state index contributed by atoms with van der Waals surface area (Å²) in [6.07, 6.45) is 6.67. The highest BCUT2D eigenvalue weighted by Gasteiger charge is 2.35. The van der Waals surface area contributed by atoms with Gasteiger partial charge in [0.25, 0.3) is 0 Å². The fourth-order valence-corrected chi connectivity index (χ4v) is 3.15. The molecule has 0 atom stereocenters. The SMILES string of the molecule is CN(CCO)C1(CNc2ncc([N+](=O)[O-])c(N)n2)CCCCC1. The summed E-state index contributed by atoms with van der Waals surface area (Å²) in [7, 11) is 2.01. The van der Waals surface area contributed by atoms with E-state index in [1.54, 1.807) is 0 Å². The standard InChI is InChI=1S/C14H24N6O3/c1-19(7-8-21)14(5-3-2-4-6-14)10-17-13-16-9-11(20(22)23)12(15)18-13/h9,21H,2-8,10H2,1H3,(H3,15,16,17,18). The Bertz CT molecular complexity index is 547. The molecule has 23 heavy (non-hydrogen) atoms. The van der Waals surface area contributed by atoms with E-state index in [4.69, 9.17) is 5.73 Å². The lowest BCUT2D eigenvalue weighted by molar-refractivity contribution is -0.384. The summed E-state index contributed by atoms with van der Waals surface area (Å²) in [5.41, 5.74) is 5.24. The van der Waals surface area contributed by atoms with Crippen molar-refractivity contribution in [3.63, 3.8) is 0 Å². The van der Waals surface area contributed by atoms with Gasteiger partial charge >= 0.3 is 5.69 Å². The molecule has 2 rings (SSSR count). The first-order valence-electron chi connectivity index (χ1n) is 7.81. The second-order valence-corrected chi connectivity index (χ2v) is 6.00. The topological polar surface area (TPSA) is 130 Å². The quantitative estimate of drug-likeness (QED) is 0.500. The third kappa shape index (κ3) is 4.05. The molecule has 1 fully saturated rings. The number of nitrogens with zero attached hydrogens (tertiary/aromatic N) is 4. The van der Waals surface area contributed by atoms with Crippen molar-refractivity contribution in [2.75, 3.05) is 37.8 Å². The monoisotopic (exact) mass is 324 g/mol. The summed E-state index contributed by atoms with van der Waals surface area (Å²) in [5.74, 6) is 0.143. The van der Waals surface area contributed by atoms with E-state index in [-0.39, 0.29) is 29.6 Å². The largest absolute Gasteiger partial charge is 0.395 e. The van der Waals surface area contributed by atoms with Crippen molar-refractivity contribution < 1.29 is 10.0 Å². The summed E-state index contributed by atoms with van der Waals surface area (Å²) in [6.45, 7) is 1.32. The van der Waals surface area contributed by atoms with Crippen molar-refractivity contribution in [1.29, 1.82) is 0 Å². The number of aliphatic hydroxyl groups is 1. The van der Waals surface area contributed by atoms with E-state index in [2.05, 4.69) is 20.2 Å². The van der Waals surface area contributed by atoms with Gasteiger partial charge in [0.05, 0.1) is 11.5 Å². The number of aliphatic hydroxyl groups excluding tert-OH is 1. The van der Waals surface area contributed by atoms with Gasteiger partial charge in [0, 0.05) is 18.6 Å². The zero-order chi connectivity index (χ0) is 16.9. The summed E-state index contributed by atoms with van der Waals surface area (Å²) in [6, 6.07) is 0. The minimum Gasteiger partial charge on any atom is -0.395 e. The van der Waals surface area contributed by atoms with Crippen molar-refractivity contribution in [2.24, 2.45) is 0 Å². The number of hydrogen-bond donors (Lipinski definition) is 3. The van der Waals surface area contributed by atoms with Crippen LogP contribution in [0.25, 0.3) is 0 Å². The molecular weight excluding hydrogens is 300 g/mol. The minimum absolute atomic E-state index is 0.0686. The molecule has 128 valence electrons. The van der Waals surface area contributed by atoms with Gasteiger partial charge in [-0.15, -0.1) is 0 Å². The zero-order valence-corrected chi connectivity index (χ0v) is 13.4. The van der Waals surface area contributed by atoms with E-state index in [0.717, 1.165) is 31.9 Å². The second-order valence-electron chi connectivity index (χ2n) is 6.00. The van der Waals surface area contributed by atoms with Gasteiger partial charge in [0.1, 0.15) is 6.20 Å². The van der Waals surface area contributed by atoms with Crippen LogP contribution in [0.1, 0.15) is 32.1 Å². The number of anilines is 2. The maximum Gasteiger partial charge on any atom is 0.329 e. The molecule has 0 aliphatic heterocycles. The Morgan fingerprint density at radius 3 is 2.74 bits per heavy atom. The number of rotatable bonds is 7. The van der Waals surface area contributed by atoms with Gasteiger partial charge in [0.2, 0.25) is 11.8 Å². The molecule has 9 nitrogen and oxygen atoms in total. The van der Waals surface area contributed by atoms with E-state index in [1.165, 1.54) is 6.42 Å². The molecule has 1 aliphatic carbocycles. The summed E-state index contributed by atoms with van der Waals surface area (Å²) in [5, 5.41) is 23.1. The predicted molar refractivity (Wildman–Crippen MR) is 87.1 cm³/mol. The summed E-state index contributed by atoms with van der Waals surface area (Å²) in [4.78, 5) is 20.3. The van der Waals surface area contributed by atoms with Crippen molar-refractivity contribution in [1.82, 2.24) is 14.9 Å². The van der Waals surface area contributed by atoms with Crippen molar-refractivity contribution in [3.8, 4) is 0 Å². The Morgan fingerprint density at radius 2 is 2.17 bits per heavy atom. The lowest BCUT2D eigenvalue weighted by Crippen LogP contribution is -2.53. The molecule has 0 saturated heterocycles. The maximum atomic E-state index is 10.7. The molecule has 9 heteroatoms. The molecule has 0 spiro atoms. The molecule has 1 aliphatic rings. The number of β-amino-alcohol motifs (C(OH)–C–C–N with tert-alkyl or cyclic N) is 1. The Morgan fingerprint density at radius 1 is 1.48 bits per heavy atom. The third-order valence-electron chi connectivity index (χ3n) is 4.60. The number of nitrogen functional groups attached to an aromatic ring is 1. The summed E-state index contributed by atoms with van der Waals surface area (Å²) >= 11 is 0. The first-order valence-corrected chi connectivity index (χ1v) is 7.81. The normalized spacial score (nSPS) is 17.2. The highest BCUT2D eigenvalue weighted by molar-refractivity contribution is 5.53. The summed E-state index contributed by atoms with van der Waals surface area (Å²) < 4.78 is 0. The molecule has 1 heterocycles. The molecule has 1 aromatic rings. The van der Waals surface area contributed by atoms with Crippen LogP contribution < -0.4 is 11.1 Å². The average Bonchev–Trinajstić information content (AvgIpc) is 2.54. The molecule has 0 aromatic carbocycles. The van der Waals surface area contributed by atoms with Crippen LogP contribution in [-0.4, -0.2) is 57.2 Å². The Labute approximate surface area is 135 Å². The van der Waals surface area contributed by atoms with Crippen LogP contribution in [0.3, 0.4) is 0 Å². The lowest BCUT2D eigenvalue weighted by atomic mass is 9.80. The van der Waals surface area contributed by atoms with Crippen LogP contribution in [0, 0.1) is 10.1 Å². The van der Waals surface area contributed by atoms with Crippen molar-refractivity contribution >= 4 is 17.5 Å². The molecule has 1 aromatic heterocycles. The van der Waals surface area contributed by atoms with Crippen molar-refractivity contribution in [3.05, 3.63) is 16.3 Å². The zero-order valence-electron chi connectivity index (χ0n) is 13.4. The number of likely N-dealkylation sites (N-methyl/N-ethyl adjacent to an activating group) is 1. The highest BCUT2D eigenvalue weighted by atomic mass is 16.6. The molecule has 0 radical (unpaired) electrons. The Kier molecular flexibility index (Phi) is 5.67. The third-order valence-corrected chi connectivity index (χ3v) is 4.60. The number of nitrogens with two attached hydrogens (primary N) is 1. The number of nitrogens with one attached hydrogen (secondary N) is 1. The molecule has 4 N–H and O–H groups in total. The maximum absolute atomic E-state index is 10.7. The van der Waals surface area contributed by atoms with Gasteiger partial charge in [-0.2, -0.15) is 4.98 Å². The lowest BCUT2D eigenvalue weighted by Gasteiger charge is -2.44. The van der Waals surface area contributed by atoms with E-state index in [0.29, 0.717) is 13.1 Å². The van der Waals surface area contributed by atoms with Gasteiger partial charge < -0.3 is 16.2 Å². The molecule has 0 amide bonds. The molecule has 0 bridgehead atoms. The van der Waals surface area contributed by atoms with E-state index in [1.807, 2.05) is 7.05 Å². The first kappa shape index (κ1) is 17.4. The fourth-order valence-electron chi connectivity index (χ4n) is 3.15. The van der Waals surface area contributed by atoms with Gasteiger partial charge in [-0.3, -0.25) is 15.0 Å². The number of nitro groups is 1. The number of hydrogen-bond acceptors (Lipinski definition) is 8. The van der Waals surface area contributed by atoms with Gasteiger partial charge in [-0.05, 0) is 19.9 Å². The molecule has 1 saturated carbocycles. The van der Waals surface area contributed by atoms with Crippen LogP contribution in [0.4, 0.5) is 17.5 Å². The highest BCUT2D eigenvalue weighted by Crippen LogP contribution is 2.33. The van der Waals surface area contributed by atoms with Crippen LogP contribution in [0.5, 0.6) is 0 Å². The van der Waals surface area contributed by atoms with Crippen LogP contribution in [-0.2, 0) is 0 Å². The van der Waals surface area contributed by atoms with Crippen LogP contribution in [0.2, 0.25) is 0 Å². The fraction of sp³-hybridized carbons (Fsp3) is 0.714. The minimum atomic E-state index is -0.600. The Balaban J connectivity index is 2.09. The first-order chi connectivity index (χ1) is 11.0. The molecular formula is C14H24N6O3. The second kappa shape index (κ2) is 7.51. The van der Waals surface area contributed by atoms with Crippen LogP contribution in [0.15, 0.2) is 6.20 Å². The average molecular weight is 324 g/mol. The van der Waals surface area contributed by atoms with Crippen LogP contribution >= 0.6 is 0 Å². The van der Waals surface area contributed by atoms with Gasteiger partial charge in [0.15, 0.2) is 0 Å². The van der Waals surface area contributed by atoms with Gasteiger partial charge in [-0.1, -0.05) is 19.3 Å². The van der Waals surface area contributed by atoms with E-state index < -0.39 is 4.92 Å². The van der Waals surface area contributed by atoms with Crippen molar-refractivity contribution in [2.45, 2.75) is 37.6 Å². The van der Waals surface area contributed by atoms with Gasteiger partial charge in [-0.25, -0.2) is 4.98 Å². The predicted octanol–water partition coefficient (Wildman–Crippen LogP) is 1.01. The Hall–Kier alpha value is -2.00. The molecule has 0 unspecified atom stereocenters. The van der Waals surface area contributed by atoms with E-state index in [9.17, 15) is 15.2 Å². The smallest absolute Gasteiger partial charge is 0.329 e.